The molecule has 1 aromatic carbocycles. The Balaban J connectivity index is 2.17. The molecule has 92 valence electrons. The molecule has 1 heterocycles. The van der Waals surface area contributed by atoms with Gasteiger partial charge >= 0.3 is 0 Å². The minimum atomic E-state index is -0.564. The number of carbonyl (C=O) groups excluding carboxylic acids is 1. The molecule has 2 aromatic rings. The highest BCUT2D eigenvalue weighted by atomic mass is 79.9. The van der Waals surface area contributed by atoms with Crippen molar-refractivity contribution in [2.45, 2.75) is 0 Å². The van der Waals surface area contributed by atoms with Crippen LogP contribution >= 0.6 is 15.9 Å². The molecule has 0 radical (unpaired) electrons. The van der Waals surface area contributed by atoms with Crippen molar-refractivity contribution in [1.82, 2.24) is 4.98 Å². The van der Waals surface area contributed by atoms with E-state index in [0.717, 1.165) is 4.47 Å². The van der Waals surface area contributed by atoms with E-state index in [0.29, 0.717) is 5.69 Å². The fourth-order valence-corrected chi connectivity index (χ4v) is 1.76. The molecule has 0 saturated heterocycles. The molecule has 0 unspecified atom stereocenters. The number of nitrogens with zero attached hydrogens (tertiary/aromatic N) is 1. The number of amides is 1. The average Bonchev–Trinajstić information content (AvgIpc) is 2.81. The van der Waals surface area contributed by atoms with Gasteiger partial charge in [0.05, 0.1) is 16.8 Å². The lowest BCUT2D eigenvalue weighted by Gasteiger charge is -2.05. The Morgan fingerprint density at radius 2 is 2.11 bits per heavy atom. The van der Waals surface area contributed by atoms with Crippen molar-refractivity contribution >= 4 is 33.2 Å². The zero-order valence-electron chi connectivity index (χ0n) is 9.01. The van der Waals surface area contributed by atoms with Crippen molar-refractivity contribution < 1.29 is 9.72 Å². The van der Waals surface area contributed by atoms with Crippen molar-refractivity contribution in [1.29, 1.82) is 0 Å². The second-order valence-electron chi connectivity index (χ2n) is 3.46. The van der Waals surface area contributed by atoms with Crippen LogP contribution in [0.25, 0.3) is 0 Å². The van der Waals surface area contributed by atoms with E-state index in [9.17, 15) is 14.9 Å². The number of H-pyrrole nitrogens is 1. The summed E-state index contributed by atoms with van der Waals surface area (Å²) >= 11 is 3.29. The van der Waals surface area contributed by atoms with Gasteiger partial charge in [-0.2, -0.15) is 0 Å². The van der Waals surface area contributed by atoms with E-state index >= 15 is 0 Å². The number of nitro groups is 1. The predicted octanol–water partition coefficient (Wildman–Crippen LogP) is 2.94. The van der Waals surface area contributed by atoms with Crippen LogP contribution in [0.1, 0.15) is 10.5 Å². The number of carbonyl (C=O) groups is 1. The average molecular weight is 310 g/mol. The SMILES string of the molecule is O=C(Nc1ccccc1Br)c1cc([N+](=O)[O-])c[nH]1. The van der Waals surface area contributed by atoms with E-state index in [-0.39, 0.29) is 11.4 Å². The topological polar surface area (TPSA) is 88.0 Å². The van der Waals surface area contributed by atoms with Gasteiger partial charge in [-0.3, -0.25) is 14.9 Å². The van der Waals surface area contributed by atoms with E-state index in [4.69, 9.17) is 0 Å². The van der Waals surface area contributed by atoms with Crippen LogP contribution in [-0.4, -0.2) is 15.8 Å². The van der Waals surface area contributed by atoms with Gasteiger partial charge in [0, 0.05) is 10.5 Å². The Labute approximate surface area is 110 Å². The summed E-state index contributed by atoms with van der Waals surface area (Å²) in [6.45, 7) is 0. The van der Waals surface area contributed by atoms with Crippen LogP contribution < -0.4 is 5.32 Å². The van der Waals surface area contributed by atoms with Gasteiger partial charge in [-0.15, -0.1) is 0 Å². The maximum Gasteiger partial charge on any atom is 0.287 e. The van der Waals surface area contributed by atoms with Crippen molar-refractivity contribution in [2.24, 2.45) is 0 Å². The molecule has 0 spiro atoms. The van der Waals surface area contributed by atoms with E-state index in [1.54, 1.807) is 18.2 Å². The summed E-state index contributed by atoms with van der Waals surface area (Å²) in [5, 5.41) is 13.1. The Kier molecular flexibility index (Phi) is 3.42. The first-order chi connectivity index (χ1) is 8.58. The minimum absolute atomic E-state index is 0.137. The van der Waals surface area contributed by atoms with E-state index in [1.165, 1.54) is 12.3 Å². The maximum atomic E-state index is 11.8. The Morgan fingerprint density at radius 3 is 2.72 bits per heavy atom. The van der Waals surface area contributed by atoms with Crippen molar-refractivity contribution in [3.8, 4) is 0 Å². The molecule has 2 rings (SSSR count). The molecular formula is C11H8BrN3O3. The molecule has 0 aliphatic carbocycles. The number of aromatic amines is 1. The van der Waals surface area contributed by atoms with Crippen molar-refractivity contribution in [3.63, 3.8) is 0 Å². The van der Waals surface area contributed by atoms with E-state index in [1.807, 2.05) is 6.07 Å². The van der Waals surface area contributed by atoms with Crippen LogP contribution in [0.4, 0.5) is 11.4 Å². The number of nitrogens with one attached hydrogen (secondary N) is 2. The van der Waals surface area contributed by atoms with Gasteiger partial charge in [0.2, 0.25) is 0 Å². The zero-order chi connectivity index (χ0) is 13.1. The molecule has 6 nitrogen and oxygen atoms in total. The molecule has 0 saturated carbocycles. The molecule has 7 heteroatoms. The summed E-state index contributed by atoms with van der Waals surface area (Å²) < 4.78 is 0.736. The van der Waals surface area contributed by atoms with Gasteiger partial charge in [-0.05, 0) is 28.1 Å². The predicted molar refractivity (Wildman–Crippen MR) is 69.5 cm³/mol. The van der Waals surface area contributed by atoms with Gasteiger partial charge in [0.1, 0.15) is 5.69 Å². The first-order valence-corrected chi connectivity index (χ1v) is 5.76. The summed E-state index contributed by atoms with van der Waals surface area (Å²) in [6.07, 6.45) is 1.18. The standard InChI is InChI=1S/C11H8BrN3O3/c12-8-3-1-2-4-9(8)14-11(16)10-5-7(6-13-10)15(17)18/h1-6,13H,(H,14,16). The second-order valence-corrected chi connectivity index (χ2v) is 4.32. The monoisotopic (exact) mass is 309 g/mol. The van der Waals surface area contributed by atoms with Crippen LogP contribution in [0.5, 0.6) is 0 Å². The summed E-state index contributed by atoms with van der Waals surface area (Å²) in [7, 11) is 0. The highest BCUT2D eigenvalue weighted by molar-refractivity contribution is 9.10. The first-order valence-electron chi connectivity index (χ1n) is 4.96. The number of para-hydroxylation sites is 1. The molecular weight excluding hydrogens is 302 g/mol. The van der Waals surface area contributed by atoms with Gasteiger partial charge in [0.15, 0.2) is 0 Å². The highest BCUT2D eigenvalue weighted by Gasteiger charge is 2.15. The Hall–Kier alpha value is -2.15. The lowest BCUT2D eigenvalue weighted by molar-refractivity contribution is -0.384. The van der Waals surface area contributed by atoms with Crippen LogP contribution in [-0.2, 0) is 0 Å². The maximum absolute atomic E-state index is 11.8. The van der Waals surface area contributed by atoms with Gasteiger partial charge in [0.25, 0.3) is 11.6 Å². The summed E-state index contributed by atoms with van der Waals surface area (Å²) in [4.78, 5) is 24.3. The summed E-state index contributed by atoms with van der Waals surface area (Å²) in [6, 6.07) is 8.29. The van der Waals surface area contributed by atoms with Crippen LogP contribution in [0.2, 0.25) is 0 Å². The van der Waals surface area contributed by atoms with Gasteiger partial charge in [-0.25, -0.2) is 0 Å². The summed E-state index contributed by atoms with van der Waals surface area (Å²) in [5.41, 5.74) is 0.587. The fraction of sp³-hybridized carbons (Fsp3) is 0. The molecule has 1 amide bonds. The molecule has 0 aliphatic heterocycles. The van der Waals surface area contributed by atoms with Crippen LogP contribution in [0.3, 0.4) is 0 Å². The summed E-state index contributed by atoms with van der Waals surface area (Å²) in [5.74, 6) is -0.435. The zero-order valence-corrected chi connectivity index (χ0v) is 10.6. The largest absolute Gasteiger partial charge is 0.351 e. The molecule has 0 bridgehead atoms. The molecule has 1 aromatic heterocycles. The van der Waals surface area contributed by atoms with Gasteiger partial charge < -0.3 is 10.3 Å². The molecule has 0 fully saturated rings. The quantitative estimate of drug-likeness (QED) is 0.675. The number of halogens is 1. The van der Waals surface area contributed by atoms with Gasteiger partial charge in [-0.1, -0.05) is 12.1 Å². The first kappa shape index (κ1) is 12.3. The molecule has 2 N–H and O–H groups in total. The Morgan fingerprint density at radius 1 is 1.39 bits per heavy atom. The number of aromatic nitrogens is 1. The molecule has 0 atom stereocenters. The van der Waals surface area contributed by atoms with E-state index < -0.39 is 10.8 Å². The highest BCUT2D eigenvalue weighted by Crippen LogP contribution is 2.22. The molecule has 0 aliphatic rings. The Bertz CT molecular complexity index is 609. The minimum Gasteiger partial charge on any atom is -0.351 e. The smallest absolute Gasteiger partial charge is 0.287 e. The third-order valence-electron chi connectivity index (χ3n) is 2.25. The van der Waals surface area contributed by atoms with Crippen molar-refractivity contribution in [2.75, 3.05) is 5.32 Å². The number of rotatable bonds is 3. The normalized spacial score (nSPS) is 10.1. The lowest BCUT2D eigenvalue weighted by atomic mass is 10.3. The number of hydrogen-bond acceptors (Lipinski definition) is 3. The second kappa shape index (κ2) is 5.01. The molecule has 18 heavy (non-hydrogen) atoms. The van der Waals surface area contributed by atoms with E-state index in [2.05, 4.69) is 26.2 Å². The number of anilines is 1. The third-order valence-corrected chi connectivity index (χ3v) is 2.94. The number of hydrogen-bond donors (Lipinski definition) is 2. The fourth-order valence-electron chi connectivity index (χ4n) is 1.37. The third kappa shape index (κ3) is 2.57. The lowest BCUT2D eigenvalue weighted by Crippen LogP contribution is -2.12. The number of benzene rings is 1. The van der Waals surface area contributed by atoms with Crippen molar-refractivity contribution in [3.05, 3.63) is 56.8 Å². The van der Waals surface area contributed by atoms with Crippen LogP contribution in [0.15, 0.2) is 41.0 Å². The van der Waals surface area contributed by atoms with Crippen LogP contribution in [0, 0.1) is 10.1 Å².